The minimum atomic E-state index is -0.171. The molecule has 2 nitrogen and oxygen atoms in total. The number of aromatic nitrogens is 1. The molecule has 2 aromatic rings. The molecule has 1 aromatic heterocycles. The van der Waals surface area contributed by atoms with Gasteiger partial charge in [-0.3, -0.25) is 0 Å². The molecule has 2 heteroatoms. The standard InChI is InChI=1S/C28H37NO/c1-16-11-13-27(5)17(2)9-10-22(30)28(27)14-12-20-24(25(16)28)18-15-29-21-8-6-7-19(23(18)21)26(20,3)4/h6-8,15-17,22,25,29-30H,9-14H2,1-5H3. The number of aliphatic hydroxyl groups excluding tert-OH is 1. The number of benzene rings is 1. The Morgan fingerprint density at radius 3 is 2.63 bits per heavy atom. The largest absolute Gasteiger partial charge is 0.393 e. The number of fused-ring (bicyclic) bond motifs is 2. The first kappa shape index (κ1) is 19.2. The zero-order valence-electron chi connectivity index (χ0n) is 19.3. The summed E-state index contributed by atoms with van der Waals surface area (Å²) in [7, 11) is 0. The summed E-state index contributed by atoms with van der Waals surface area (Å²) in [6.07, 6.45) is 9.11. The Labute approximate surface area is 181 Å². The van der Waals surface area contributed by atoms with Gasteiger partial charge < -0.3 is 10.1 Å². The third-order valence-electron chi connectivity index (χ3n) is 10.7. The molecule has 6 rings (SSSR count). The fourth-order valence-electron chi connectivity index (χ4n) is 8.93. The molecule has 6 atom stereocenters. The molecule has 1 aromatic carbocycles. The van der Waals surface area contributed by atoms with Crippen molar-refractivity contribution < 1.29 is 5.11 Å². The van der Waals surface area contributed by atoms with Gasteiger partial charge in [-0.25, -0.2) is 0 Å². The summed E-state index contributed by atoms with van der Waals surface area (Å²) in [6, 6.07) is 6.79. The van der Waals surface area contributed by atoms with E-state index in [1.54, 1.807) is 11.1 Å². The number of nitrogens with one attached hydrogen (secondary N) is 1. The molecule has 4 aliphatic carbocycles. The van der Waals surface area contributed by atoms with Crippen LogP contribution in [0, 0.1) is 28.6 Å². The van der Waals surface area contributed by atoms with Gasteiger partial charge in [-0.05, 0) is 78.9 Å². The summed E-state index contributed by atoms with van der Waals surface area (Å²) >= 11 is 0. The van der Waals surface area contributed by atoms with Crippen LogP contribution in [0.15, 0.2) is 30.0 Å². The van der Waals surface area contributed by atoms with Crippen LogP contribution in [0.1, 0.15) is 84.3 Å². The number of H-pyrrole nitrogens is 1. The highest BCUT2D eigenvalue weighted by atomic mass is 16.3. The lowest BCUT2D eigenvalue weighted by molar-refractivity contribution is -0.195. The summed E-state index contributed by atoms with van der Waals surface area (Å²) in [4.78, 5) is 3.60. The third kappa shape index (κ3) is 1.96. The van der Waals surface area contributed by atoms with Gasteiger partial charge in [-0.1, -0.05) is 52.3 Å². The van der Waals surface area contributed by atoms with Gasteiger partial charge in [0, 0.05) is 33.5 Å². The quantitative estimate of drug-likeness (QED) is 0.496. The first-order valence-electron chi connectivity index (χ1n) is 12.3. The first-order chi connectivity index (χ1) is 14.2. The SMILES string of the molecule is CC1CCC2(C)C(C)CCC(O)C23CCC2=C(c4c[nH]c5cccc(c45)C2(C)C)C13. The second kappa shape index (κ2) is 5.82. The second-order valence-electron chi connectivity index (χ2n) is 11.9. The summed E-state index contributed by atoms with van der Waals surface area (Å²) in [5, 5.41) is 13.2. The van der Waals surface area contributed by atoms with E-state index in [1.165, 1.54) is 41.3 Å². The van der Waals surface area contributed by atoms with E-state index in [9.17, 15) is 5.11 Å². The lowest BCUT2D eigenvalue weighted by Crippen LogP contribution is -2.64. The smallest absolute Gasteiger partial charge is 0.0607 e. The van der Waals surface area contributed by atoms with Crippen molar-refractivity contribution in [1.82, 2.24) is 4.98 Å². The highest BCUT2D eigenvalue weighted by Crippen LogP contribution is 2.72. The number of aliphatic hydroxyl groups is 1. The molecule has 2 N–H and O–H groups in total. The molecule has 6 unspecified atom stereocenters. The molecule has 0 amide bonds. The minimum Gasteiger partial charge on any atom is -0.393 e. The van der Waals surface area contributed by atoms with Crippen LogP contribution < -0.4 is 0 Å². The monoisotopic (exact) mass is 403 g/mol. The Balaban J connectivity index is 1.67. The van der Waals surface area contributed by atoms with Crippen LogP contribution in [0.4, 0.5) is 0 Å². The Morgan fingerprint density at radius 2 is 1.83 bits per heavy atom. The molecule has 0 aliphatic heterocycles. The van der Waals surface area contributed by atoms with Gasteiger partial charge in [0.05, 0.1) is 6.10 Å². The molecule has 0 bridgehead atoms. The van der Waals surface area contributed by atoms with E-state index in [2.05, 4.69) is 64.0 Å². The van der Waals surface area contributed by atoms with Crippen molar-refractivity contribution in [2.75, 3.05) is 0 Å². The van der Waals surface area contributed by atoms with Crippen molar-refractivity contribution in [2.45, 2.75) is 84.7 Å². The number of hydrogen-bond donors (Lipinski definition) is 2. The molecule has 2 saturated carbocycles. The molecule has 0 saturated heterocycles. The minimum absolute atomic E-state index is 0.0210. The van der Waals surface area contributed by atoms with Crippen molar-refractivity contribution >= 4 is 16.5 Å². The van der Waals surface area contributed by atoms with E-state index in [0.717, 1.165) is 19.3 Å². The van der Waals surface area contributed by atoms with Gasteiger partial charge in [-0.15, -0.1) is 0 Å². The molecule has 1 spiro atoms. The first-order valence-corrected chi connectivity index (χ1v) is 12.3. The van der Waals surface area contributed by atoms with Crippen molar-refractivity contribution in [1.29, 1.82) is 0 Å². The van der Waals surface area contributed by atoms with Gasteiger partial charge in [0.25, 0.3) is 0 Å². The summed E-state index contributed by atoms with van der Waals surface area (Å²) in [6.45, 7) is 12.4. The van der Waals surface area contributed by atoms with Crippen molar-refractivity contribution in [3.05, 3.63) is 41.1 Å². The van der Waals surface area contributed by atoms with Gasteiger partial charge >= 0.3 is 0 Å². The molecule has 2 fully saturated rings. The molecular formula is C28H37NO. The van der Waals surface area contributed by atoms with Crippen molar-refractivity contribution in [3.63, 3.8) is 0 Å². The maximum Gasteiger partial charge on any atom is 0.0607 e. The van der Waals surface area contributed by atoms with Crippen LogP contribution in [0.3, 0.4) is 0 Å². The predicted molar refractivity (Wildman–Crippen MR) is 124 cm³/mol. The topological polar surface area (TPSA) is 36.0 Å². The Morgan fingerprint density at radius 1 is 1.03 bits per heavy atom. The normalized spacial score (nSPS) is 41.9. The van der Waals surface area contributed by atoms with E-state index in [4.69, 9.17) is 0 Å². The Bertz CT molecular complexity index is 1070. The molecule has 30 heavy (non-hydrogen) atoms. The van der Waals surface area contributed by atoms with Crippen LogP contribution in [0.5, 0.6) is 0 Å². The maximum absolute atomic E-state index is 11.7. The van der Waals surface area contributed by atoms with Gasteiger partial charge in [0.1, 0.15) is 0 Å². The Kier molecular flexibility index (Phi) is 3.72. The van der Waals surface area contributed by atoms with Gasteiger partial charge in [0.15, 0.2) is 0 Å². The summed E-state index contributed by atoms with van der Waals surface area (Å²) in [5.74, 6) is 1.77. The van der Waals surface area contributed by atoms with Crippen LogP contribution in [-0.4, -0.2) is 16.2 Å². The van der Waals surface area contributed by atoms with Crippen molar-refractivity contribution in [2.24, 2.45) is 28.6 Å². The predicted octanol–water partition coefficient (Wildman–Crippen LogP) is 6.84. The molecule has 4 aliphatic rings. The average Bonchev–Trinajstić information content (AvgIpc) is 3.16. The zero-order valence-corrected chi connectivity index (χ0v) is 19.3. The number of allylic oxidation sites excluding steroid dienone is 2. The van der Waals surface area contributed by atoms with E-state index in [-0.39, 0.29) is 22.3 Å². The van der Waals surface area contributed by atoms with Crippen LogP contribution in [0.25, 0.3) is 16.5 Å². The van der Waals surface area contributed by atoms with E-state index < -0.39 is 0 Å². The van der Waals surface area contributed by atoms with Crippen LogP contribution in [-0.2, 0) is 5.41 Å². The summed E-state index contributed by atoms with van der Waals surface area (Å²) < 4.78 is 0. The fraction of sp³-hybridized carbons (Fsp3) is 0.643. The summed E-state index contributed by atoms with van der Waals surface area (Å²) in [5.41, 5.74) is 7.77. The lowest BCUT2D eigenvalue weighted by atomic mass is 9.37. The molecular weight excluding hydrogens is 366 g/mol. The third-order valence-corrected chi connectivity index (χ3v) is 10.7. The molecule has 0 radical (unpaired) electrons. The van der Waals surface area contributed by atoms with Crippen LogP contribution in [0.2, 0.25) is 0 Å². The van der Waals surface area contributed by atoms with Crippen molar-refractivity contribution in [3.8, 4) is 0 Å². The zero-order chi connectivity index (χ0) is 21.1. The number of hydrogen-bond acceptors (Lipinski definition) is 1. The fourth-order valence-corrected chi connectivity index (χ4v) is 8.93. The highest BCUT2D eigenvalue weighted by Gasteiger charge is 2.66. The van der Waals surface area contributed by atoms with E-state index in [1.807, 2.05) is 0 Å². The molecule has 1 heterocycles. The molecule has 160 valence electrons. The highest BCUT2D eigenvalue weighted by molar-refractivity contribution is 6.00. The Hall–Kier alpha value is -1.54. The van der Waals surface area contributed by atoms with Gasteiger partial charge in [-0.2, -0.15) is 0 Å². The second-order valence-corrected chi connectivity index (χ2v) is 11.9. The van der Waals surface area contributed by atoms with E-state index in [0.29, 0.717) is 17.8 Å². The number of rotatable bonds is 0. The van der Waals surface area contributed by atoms with E-state index >= 15 is 0 Å². The average molecular weight is 404 g/mol. The lowest BCUT2D eigenvalue weighted by Gasteiger charge is -2.68. The van der Waals surface area contributed by atoms with Gasteiger partial charge in [0.2, 0.25) is 0 Å². The maximum atomic E-state index is 11.7. The number of aromatic amines is 1. The van der Waals surface area contributed by atoms with Crippen LogP contribution >= 0.6 is 0 Å².